The van der Waals surface area contributed by atoms with E-state index in [0.717, 1.165) is 15.6 Å². The number of amides is 1. The average Bonchev–Trinajstić information content (AvgIpc) is 2.52. The molecule has 0 aromatic heterocycles. The molecule has 116 valence electrons. The normalized spacial score (nSPS) is 10.5. The monoisotopic (exact) mass is 429 g/mol. The smallest absolute Gasteiger partial charge is 0.255 e. The topological polar surface area (TPSA) is 40.5 Å². The molecule has 3 nitrogen and oxygen atoms in total. The summed E-state index contributed by atoms with van der Waals surface area (Å²) in [5, 5.41) is 9.66. The Morgan fingerprint density at radius 2 is 1.86 bits per heavy atom. The minimum Gasteiger partial charge on any atom is -0.395 e. The van der Waals surface area contributed by atoms with E-state index in [4.69, 9.17) is 11.6 Å². The summed E-state index contributed by atoms with van der Waals surface area (Å²) in [6.45, 7) is 0.780. The molecule has 0 saturated carbocycles. The summed E-state index contributed by atoms with van der Waals surface area (Å²) in [4.78, 5) is 14.3. The number of halogens is 2. The molecule has 0 spiro atoms. The molecule has 0 aliphatic carbocycles. The molecule has 0 radical (unpaired) electrons. The second-order valence-electron chi connectivity index (χ2n) is 4.88. The van der Waals surface area contributed by atoms with E-state index >= 15 is 0 Å². The van der Waals surface area contributed by atoms with E-state index in [2.05, 4.69) is 22.6 Å². The number of carbonyl (C=O) groups is 1. The zero-order valence-electron chi connectivity index (χ0n) is 12.0. The third kappa shape index (κ3) is 4.69. The van der Waals surface area contributed by atoms with Crippen molar-refractivity contribution in [3.63, 3.8) is 0 Å². The Balaban J connectivity index is 2.11. The fourth-order valence-electron chi connectivity index (χ4n) is 2.18. The fraction of sp³-hybridized carbons (Fsp3) is 0.235. The fourth-order valence-corrected chi connectivity index (χ4v) is 3.11. The second-order valence-corrected chi connectivity index (χ2v) is 6.53. The molecule has 0 atom stereocenters. The van der Waals surface area contributed by atoms with Crippen LogP contribution in [0.1, 0.15) is 15.9 Å². The quantitative estimate of drug-likeness (QED) is 0.713. The van der Waals surface area contributed by atoms with E-state index < -0.39 is 0 Å². The predicted octanol–water partition coefficient (Wildman–Crippen LogP) is 3.62. The first-order valence-electron chi connectivity index (χ1n) is 7.01. The number of hydrogen-bond acceptors (Lipinski definition) is 2. The van der Waals surface area contributed by atoms with Crippen LogP contribution in [0.15, 0.2) is 48.5 Å². The summed E-state index contributed by atoms with van der Waals surface area (Å²) in [5.41, 5.74) is 1.63. The lowest BCUT2D eigenvalue weighted by atomic mass is 10.1. The summed E-state index contributed by atoms with van der Waals surface area (Å²) in [6.07, 6.45) is 0.745. The Morgan fingerprint density at radius 1 is 1.14 bits per heavy atom. The van der Waals surface area contributed by atoms with Crippen LogP contribution in [0.25, 0.3) is 0 Å². The summed E-state index contributed by atoms with van der Waals surface area (Å²) in [7, 11) is 0. The van der Waals surface area contributed by atoms with Crippen LogP contribution in [0.2, 0.25) is 5.02 Å². The van der Waals surface area contributed by atoms with Crippen molar-refractivity contribution < 1.29 is 9.90 Å². The molecule has 0 aliphatic heterocycles. The first kappa shape index (κ1) is 17.2. The Bertz CT molecular complexity index is 634. The maximum Gasteiger partial charge on any atom is 0.255 e. The molecule has 0 fully saturated rings. The van der Waals surface area contributed by atoms with Crippen LogP contribution in [0, 0.1) is 3.57 Å². The number of aliphatic hydroxyl groups is 1. The van der Waals surface area contributed by atoms with Crippen molar-refractivity contribution in [2.24, 2.45) is 0 Å². The van der Waals surface area contributed by atoms with E-state index in [9.17, 15) is 9.90 Å². The summed E-state index contributed by atoms with van der Waals surface area (Å²) >= 11 is 8.33. The van der Waals surface area contributed by atoms with Crippen molar-refractivity contribution in [2.75, 3.05) is 19.7 Å². The van der Waals surface area contributed by atoms with Gasteiger partial charge >= 0.3 is 0 Å². The Morgan fingerprint density at radius 3 is 2.50 bits per heavy atom. The molecule has 0 bridgehead atoms. The van der Waals surface area contributed by atoms with Gasteiger partial charge in [0.15, 0.2) is 0 Å². The van der Waals surface area contributed by atoms with Crippen molar-refractivity contribution in [3.8, 4) is 0 Å². The maximum atomic E-state index is 12.6. The van der Waals surface area contributed by atoms with Crippen LogP contribution < -0.4 is 0 Å². The highest BCUT2D eigenvalue weighted by molar-refractivity contribution is 14.1. The third-order valence-electron chi connectivity index (χ3n) is 3.33. The van der Waals surface area contributed by atoms with Gasteiger partial charge in [-0.05, 0) is 52.8 Å². The van der Waals surface area contributed by atoms with Crippen molar-refractivity contribution >= 4 is 40.1 Å². The average molecular weight is 430 g/mol. The number of benzene rings is 2. The van der Waals surface area contributed by atoms with Crippen molar-refractivity contribution in [3.05, 3.63) is 68.3 Å². The van der Waals surface area contributed by atoms with Gasteiger partial charge in [-0.2, -0.15) is 0 Å². The second kappa shape index (κ2) is 8.50. The van der Waals surface area contributed by atoms with Gasteiger partial charge in [0.2, 0.25) is 0 Å². The number of hydrogen-bond donors (Lipinski definition) is 1. The highest BCUT2D eigenvalue weighted by atomic mass is 127. The lowest BCUT2D eigenvalue weighted by molar-refractivity contribution is 0.0724. The molecule has 1 N–H and O–H groups in total. The van der Waals surface area contributed by atoms with E-state index in [1.807, 2.05) is 36.4 Å². The van der Waals surface area contributed by atoms with E-state index in [1.165, 1.54) is 0 Å². The van der Waals surface area contributed by atoms with Gasteiger partial charge in [0.1, 0.15) is 0 Å². The maximum absolute atomic E-state index is 12.6. The molecule has 2 rings (SSSR count). The van der Waals surface area contributed by atoms with E-state index in [-0.39, 0.29) is 12.5 Å². The van der Waals surface area contributed by atoms with Crippen LogP contribution in [-0.2, 0) is 6.42 Å². The highest BCUT2D eigenvalue weighted by Crippen LogP contribution is 2.21. The summed E-state index contributed by atoms with van der Waals surface area (Å²) in [6, 6.07) is 15.3. The van der Waals surface area contributed by atoms with Gasteiger partial charge in [-0.25, -0.2) is 0 Å². The molecule has 5 heteroatoms. The highest BCUT2D eigenvalue weighted by Gasteiger charge is 2.18. The van der Waals surface area contributed by atoms with Gasteiger partial charge in [-0.1, -0.05) is 41.9 Å². The first-order chi connectivity index (χ1) is 10.6. The Kier molecular flexibility index (Phi) is 6.67. The molecule has 2 aromatic rings. The molecule has 22 heavy (non-hydrogen) atoms. The van der Waals surface area contributed by atoms with Crippen LogP contribution in [-0.4, -0.2) is 35.6 Å². The van der Waals surface area contributed by atoms with Crippen LogP contribution >= 0.6 is 34.2 Å². The number of aliphatic hydroxyl groups excluding tert-OH is 1. The van der Waals surface area contributed by atoms with E-state index in [1.54, 1.807) is 17.0 Å². The molecule has 0 heterocycles. The Labute approximate surface area is 149 Å². The first-order valence-corrected chi connectivity index (χ1v) is 8.46. The van der Waals surface area contributed by atoms with Gasteiger partial charge in [0.25, 0.3) is 5.91 Å². The minimum atomic E-state index is -0.147. The van der Waals surface area contributed by atoms with Gasteiger partial charge in [0, 0.05) is 16.7 Å². The van der Waals surface area contributed by atoms with Crippen LogP contribution in [0.3, 0.4) is 0 Å². The lowest BCUT2D eigenvalue weighted by Crippen LogP contribution is -2.35. The number of rotatable bonds is 6. The molecular formula is C17H17ClINO2. The van der Waals surface area contributed by atoms with Gasteiger partial charge in [0.05, 0.1) is 17.2 Å². The van der Waals surface area contributed by atoms with Crippen LogP contribution in [0.5, 0.6) is 0 Å². The van der Waals surface area contributed by atoms with Crippen molar-refractivity contribution in [2.45, 2.75) is 6.42 Å². The van der Waals surface area contributed by atoms with E-state index in [0.29, 0.717) is 23.7 Å². The number of nitrogens with zero attached hydrogens (tertiary/aromatic N) is 1. The standard InChI is InChI=1S/C17H17ClINO2/c18-16-12-14(19)6-7-15(16)17(22)20(10-11-21)9-8-13-4-2-1-3-5-13/h1-7,12,21H,8-11H2. The predicted molar refractivity (Wildman–Crippen MR) is 97.3 cm³/mol. The molecule has 1 amide bonds. The molecule has 0 saturated heterocycles. The van der Waals surface area contributed by atoms with Crippen molar-refractivity contribution in [1.29, 1.82) is 0 Å². The molecule has 0 unspecified atom stereocenters. The minimum absolute atomic E-state index is 0.0669. The third-order valence-corrected chi connectivity index (χ3v) is 4.32. The summed E-state index contributed by atoms with van der Waals surface area (Å²) in [5.74, 6) is -0.147. The largest absolute Gasteiger partial charge is 0.395 e. The van der Waals surface area contributed by atoms with Gasteiger partial charge in [-0.15, -0.1) is 0 Å². The zero-order chi connectivity index (χ0) is 15.9. The van der Waals surface area contributed by atoms with Crippen LogP contribution in [0.4, 0.5) is 0 Å². The summed E-state index contributed by atoms with van der Waals surface area (Å²) < 4.78 is 0.983. The zero-order valence-corrected chi connectivity index (χ0v) is 14.9. The molecule has 2 aromatic carbocycles. The SMILES string of the molecule is O=C(c1ccc(I)cc1Cl)N(CCO)CCc1ccccc1. The van der Waals surface area contributed by atoms with Gasteiger partial charge in [-0.3, -0.25) is 4.79 Å². The molecular weight excluding hydrogens is 413 g/mol. The Hall–Kier alpha value is -1.11. The van der Waals surface area contributed by atoms with Gasteiger partial charge < -0.3 is 10.0 Å². The number of carbonyl (C=O) groups excluding carboxylic acids is 1. The van der Waals surface area contributed by atoms with Crippen molar-refractivity contribution in [1.82, 2.24) is 4.90 Å². The molecule has 0 aliphatic rings. The lowest BCUT2D eigenvalue weighted by Gasteiger charge is -2.22.